The highest BCUT2D eigenvalue weighted by Crippen LogP contribution is 2.25. The average Bonchev–Trinajstić information content (AvgIpc) is 2.46. The van der Waals surface area contributed by atoms with Gasteiger partial charge in [0.15, 0.2) is 0 Å². The van der Waals surface area contributed by atoms with Crippen molar-refractivity contribution < 1.29 is 4.74 Å². The van der Waals surface area contributed by atoms with Crippen LogP contribution in [-0.4, -0.2) is 38.2 Å². The maximum absolute atomic E-state index is 6.22. The number of likely N-dealkylation sites (tertiary alicyclic amines) is 1. The number of nitrogens with one attached hydrogen (secondary N) is 1. The minimum atomic E-state index is 0.757. The molecule has 0 radical (unpaired) electrons. The zero-order valence-electron chi connectivity index (χ0n) is 12.5. The van der Waals surface area contributed by atoms with Gasteiger partial charge in [-0.3, -0.25) is 0 Å². The Balaban J connectivity index is 1.73. The molecular weight excluding hydrogens is 272 g/mol. The van der Waals surface area contributed by atoms with E-state index in [1.807, 2.05) is 18.2 Å². The molecule has 1 aromatic rings. The molecule has 112 valence electrons. The van der Waals surface area contributed by atoms with Crippen LogP contribution in [-0.2, 0) is 6.54 Å². The van der Waals surface area contributed by atoms with Gasteiger partial charge >= 0.3 is 0 Å². The van der Waals surface area contributed by atoms with E-state index in [0.29, 0.717) is 0 Å². The zero-order valence-corrected chi connectivity index (χ0v) is 13.2. The van der Waals surface area contributed by atoms with E-state index in [2.05, 4.69) is 17.1 Å². The van der Waals surface area contributed by atoms with Gasteiger partial charge in [-0.05, 0) is 44.0 Å². The number of benzene rings is 1. The monoisotopic (exact) mass is 296 g/mol. The first-order valence-electron chi connectivity index (χ1n) is 7.45. The van der Waals surface area contributed by atoms with Crippen molar-refractivity contribution in [2.45, 2.75) is 26.3 Å². The van der Waals surface area contributed by atoms with Crippen molar-refractivity contribution in [2.75, 3.05) is 33.3 Å². The Hall–Kier alpha value is -0.770. The standard InChI is InChI=1S/C16H25ClN2O/c1-13-6-9-19(10-7-13)11-8-18-12-14-15(17)4-3-5-16(14)20-2/h3-5,13,18H,6-12H2,1-2H3. The first-order chi connectivity index (χ1) is 9.70. The van der Waals surface area contributed by atoms with Crippen LogP contribution < -0.4 is 10.1 Å². The van der Waals surface area contributed by atoms with Crippen LogP contribution in [0.3, 0.4) is 0 Å². The molecule has 1 saturated heterocycles. The summed E-state index contributed by atoms with van der Waals surface area (Å²) in [5, 5.41) is 4.24. The van der Waals surface area contributed by atoms with Crippen LogP contribution in [0.5, 0.6) is 5.75 Å². The quantitative estimate of drug-likeness (QED) is 0.816. The third-order valence-corrected chi connectivity index (χ3v) is 4.43. The van der Waals surface area contributed by atoms with E-state index in [-0.39, 0.29) is 0 Å². The predicted molar refractivity (Wildman–Crippen MR) is 84.5 cm³/mol. The van der Waals surface area contributed by atoms with Crippen molar-refractivity contribution in [3.8, 4) is 5.75 Å². The molecule has 1 aromatic carbocycles. The lowest BCUT2D eigenvalue weighted by Crippen LogP contribution is -2.37. The van der Waals surface area contributed by atoms with Crippen LogP contribution in [0.2, 0.25) is 5.02 Å². The third-order valence-electron chi connectivity index (χ3n) is 4.08. The fourth-order valence-corrected chi connectivity index (χ4v) is 2.87. The fraction of sp³-hybridized carbons (Fsp3) is 0.625. The minimum absolute atomic E-state index is 0.757. The van der Waals surface area contributed by atoms with E-state index in [1.54, 1.807) is 7.11 Å². The van der Waals surface area contributed by atoms with E-state index < -0.39 is 0 Å². The Labute approximate surface area is 127 Å². The van der Waals surface area contributed by atoms with Crippen LogP contribution in [0.4, 0.5) is 0 Å². The lowest BCUT2D eigenvalue weighted by atomic mass is 9.99. The maximum atomic E-state index is 6.22. The van der Waals surface area contributed by atoms with E-state index >= 15 is 0 Å². The Kier molecular flexibility index (Phi) is 6.14. The van der Waals surface area contributed by atoms with Crippen molar-refractivity contribution in [1.82, 2.24) is 10.2 Å². The van der Waals surface area contributed by atoms with Crippen molar-refractivity contribution in [3.63, 3.8) is 0 Å². The first-order valence-corrected chi connectivity index (χ1v) is 7.83. The Bertz CT molecular complexity index is 417. The molecule has 0 unspecified atom stereocenters. The molecule has 2 rings (SSSR count). The number of ether oxygens (including phenoxy) is 1. The number of methoxy groups -OCH3 is 1. The second-order valence-corrected chi connectivity index (χ2v) is 6.03. The van der Waals surface area contributed by atoms with Gasteiger partial charge < -0.3 is 15.0 Å². The van der Waals surface area contributed by atoms with E-state index in [9.17, 15) is 0 Å². The second-order valence-electron chi connectivity index (χ2n) is 5.62. The highest BCUT2D eigenvalue weighted by molar-refractivity contribution is 6.31. The van der Waals surface area contributed by atoms with Gasteiger partial charge in [0.05, 0.1) is 7.11 Å². The highest BCUT2D eigenvalue weighted by atomic mass is 35.5. The lowest BCUT2D eigenvalue weighted by Gasteiger charge is -2.30. The SMILES string of the molecule is COc1cccc(Cl)c1CNCCN1CCC(C)CC1. The topological polar surface area (TPSA) is 24.5 Å². The van der Waals surface area contributed by atoms with Crippen LogP contribution in [0.15, 0.2) is 18.2 Å². The van der Waals surface area contributed by atoms with Crippen LogP contribution in [0.1, 0.15) is 25.3 Å². The van der Waals surface area contributed by atoms with Gasteiger partial charge in [-0.15, -0.1) is 0 Å². The molecule has 1 N–H and O–H groups in total. The maximum Gasteiger partial charge on any atom is 0.124 e. The summed E-state index contributed by atoms with van der Waals surface area (Å²) in [4.78, 5) is 2.54. The summed E-state index contributed by atoms with van der Waals surface area (Å²) in [6, 6.07) is 5.78. The van der Waals surface area contributed by atoms with Gasteiger partial charge in [-0.25, -0.2) is 0 Å². The molecule has 0 aliphatic carbocycles. The molecular formula is C16H25ClN2O. The summed E-state index contributed by atoms with van der Waals surface area (Å²) in [7, 11) is 1.68. The van der Waals surface area contributed by atoms with Gasteiger partial charge in [-0.1, -0.05) is 24.6 Å². The number of hydrogen-bond acceptors (Lipinski definition) is 3. The van der Waals surface area contributed by atoms with Gasteiger partial charge in [0.2, 0.25) is 0 Å². The second kappa shape index (κ2) is 7.87. The summed E-state index contributed by atoms with van der Waals surface area (Å²) in [6.45, 7) is 7.67. The van der Waals surface area contributed by atoms with Gasteiger partial charge in [0.25, 0.3) is 0 Å². The molecule has 3 nitrogen and oxygen atoms in total. The first kappa shape index (κ1) is 15.6. The largest absolute Gasteiger partial charge is 0.496 e. The summed E-state index contributed by atoms with van der Waals surface area (Å²) >= 11 is 6.22. The average molecular weight is 297 g/mol. The van der Waals surface area contributed by atoms with Gasteiger partial charge in [0, 0.05) is 30.2 Å². The van der Waals surface area contributed by atoms with Crippen LogP contribution in [0, 0.1) is 5.92 Å². The number of halogens is 1. The summed E-state index contributed by atoms with van der Waals surface area (Å²) in [5.41, 5.74) is 1.05. The van der Waals surface area contributed by atoms with Gasteiger partial charge in [-0.2, -0.15) is 0 Å². The molecule has 20 heavy (non-hydrogen) atoms. The smallest absolute Gasteiger partial charge is 0.124 e. The zero-order chi connectivity index (χ0) is 14.4. The summed E-state index contributed by atoms with van der Waals surface area (Å²) < 4.78 is 5.35. The normalized spacial score (nSPS) is 17.4. The molecule has 0 saturated carbocycles. The number of hydrogen-bond donors (Lipinski definition) is 1. The molecule has 1 aliphatic heterocycles. The number of nitrogens with zero attached hydrogens (tertiary/aromatic N) is 1. The Morgan fingerprint density at radius 2 is 2.10 bits per heavy atom. The lowest BCUT2D eigenvalue weighted by molar-refractivity contribution is 0.193. The fourth-order valence-electron chi connectivity index (χ4n) is 2.64. The van der Waals surface area contributed by atoms with Gasteiger partial charge in [0.1, 0.15) is 5.75 Å². The molecule has 1 fully saturated rings. The van der Waals surface area contributed by atoms with E-state index in [0.717, 1.165) is 41.9 Å². The van der Waals surface area contributed by atoms with Crippen molar-refractivity contribution >= 4 is 11.6 Å². The predicted octanol–water partition coefficient (Wildman–Crippen LogP) is 3.17. The minimum Gasteiger partial charge on any atom is -0.496 e. The van der Waals surface area contributed by atoms with E-state index in [1.165, 1.54) is 25.9 Å². The highest BCUT2D eigenvalue weighted by Gasteiger charge is 2.15. The molecule has 0 aromatic heterocycles. The molecule has 1 aliphatic rings. The molecule has 4 heteroatoms. The van der Waals surface area contributed by atoms with Crippen LogP contribution in [0.25, 0.3) is 0 Å². The summed E-state index contributed by atoms with van der Waals surface area (Å²) in [5.74, 6) is 1.75. The number of piperidine rings is 1. The molecule has 0 spiro atoms. The molecule has 0 amide bonds. The van der Waals surface area contributed by atoms with Crippen molar-refractivity contribution in [2.24, 2.45) is 5.92 Å². The van der Waals surface area contributed by atoms with Crippen LogP contribution >= 0.6 is 11.6 Å². The molecule has 0 bridgehead atoms. The Morgan fingerprint density at radius 3 is 2.80 bits per heavy atom. The van der Waals surface area contributed by atoms with Crippen molar-refractivity contribution in [3.05, 3.63) is 28.8 Å². The summed E-state index contributed by atoms with van der Waals surface area (Å²) in [6.07, 6.45) is 2.66. The third kappa shape index (κ3) is 4.37. The van der Waals surface area contributed by atoms with Crippen molar-refractivity contribution in [1.29, 1.82) is 0 Å². The molecule has 1 heterocycles. The number of rotatable bonds is 6. The van der Waals surface area contributed by atoms with E-state index in [4.69, 9.17) is 16.3 Å². The Morgan fingerprint density at radius 1 is 1.35 bits per heavy atom. The molecule has 0 atom stereocenters.